The standard InChI is InChI=1S/C18H30N2/c1-15(14-20-11-5-6-12-20)19-13-16-7-9-17(10-8-16)18(2,3)4/h7-10,15,19H,5-6,11-14H2,1-4H3. The second kappa shape index (κ2) is 6.73. The van der Waals surface area contributed by atoms with Gasteiger partial charge in [0.2, 0.25) is 0 Å². The van der Waals surface area contributed by atoms with Gasteiger partial charge in [0.25, 0.3) is 0 Å². The Morgan fingerprint density at radius 2 is 1.70 bits per heavy atom. The molecule has 1 heterocycles. The lowest BCUT2D eigenvalue weighted by Crippen LogP contribution is -2.37. The van der Waals surface area contributed by atoms with Crippen LogP contribution in [0.1, 0.15) is 51.7 Å². The summed E-state index contributed by atoms with van der Waals surface area (Å²) in [6.07, 6.45) is 2.75. The Hall–Kier alpha value is -0.860. The first kappa shape index (κ1) is 15.5. The molecule has 1 aromatic carbocycles. The summed E-state index contributed by atoms with van der Waals surface area (Å²) in [5.41, 5.74) is 3.03. The molecule has 0 aromatic heterocycles. The molecule has 1 fully saturated rings. The first-order chi connectivity index (χ1) is 9.45. The molecule has 1 N–H and O–H groups in total. The molecule has 0 amide bonds. The molecule has 1 aliphatic heterocycles. The van der Waals surface area contributed by atoms with Gasteiger partial charge in [-0.25, -0.2) is 0 Å². The first-order valence-corrected chi connectivity index (χ1v) is 8.00. The van der Waals surface area contributed by atoms with Gasteiger partial charge < -0.3 is 10.2 Å². The van der Waals surface area contributed by atoms with Crippen molar-refractivity contribution in [2.24, 2.45) is 0 Å². The van der Waals surface area contributed by atoms with Crippen LogP contribution in [0.15, 0.2) is 24.3 Å². The lowest BCUT2D eigenvalue weighted by Gasteiger charge is -2.22. The fraction of sp³-hybridized carbons (Fsp3) is 0.667. The molecule has 1 atom stereocenters. The van der Waals surface area contributed by atoms with Crippen LogP contribution in [0.3, 0.4) is 0 Å². The molecule has 20 heavy (non-hydrogen) atoms. The van der Waals surface area contributed by atoms with Crippen LogP contribution in [0, 0.1) is 0 Å². The van der Waals surface area contributed by atoms with Crippen molar-refractivity contribution >= 4 is 0 Å². The van der Waals surface area contributed by atoms with Crippen molar-refractivity contribution in [3.63, 3.8) is 0 Å². The van der Waals surface area contributed by atoms with Gasteiger partial charge in [0, 0.05) is 19.1 Å². The molecule has 0 saturated carbocycles. The zero-order chi connectivity index (χ0) is 14.6. The van der Waals surface area contributed by atoms with E-state index < -0.39 is 0 Å². The summed E-state index contributed by atoms with van der Waals surface area (Å²) in [7, 11) is 0. The molecule has 0 bridgehead atoms. The second-order valence-electron chi connectivity index (χ2n) is 7.24. The fourth-order valence-electron chi connectivity index (χ4n) is 2.83. The van der Waals surface area contributed by atoms with E-state index in [-0.39, 0.29) is 5.41 Å². The number of hydrogen-bond donors (Lipinski definition) is 1. The molecule has 2 rings (SSSR count). The van der Waals surface area contributed by atoms with Crippen LogP contribution in [-0.2, 0) is 12.0 Å². The van der Waals surface area contributed by atoms with E-state index in [1.165, 1.54) is 43.6 Å². The second-order valence-corrected chi connectivity index (χ2v) is 7.24. The van der Waals surface area contributed by atoms with Crippen LogP contribution >= 0.6 is 0 Å². The molecule has 2 nitrogen and oxygen atoms in total. The van der Waals surface area contributed by atoms with E-state index in [1.807, 2.05) is 0 Å². The maximum absolute atomic E-state index is 3.64. The minimum atomic E-state index is 0.245. The van der Waals surface area contributed by atoms with Gasteiger partial charge in [-0.2, -0.15) is 0 Å². The van der Waals surface area contributed by atoms with Gasteiger partial charge in [-0.05, 0) is 49.4 Å². The lowest BCUT2D eigenvalue weighted by atomic mass is 9.87. The Kier molecular flexibility index (Phi) is 5.22. The fourth-order valence-corrected chi connectivity index (χ4v) is 2.83. The highest BCUT2D eigenvalue weighted by Gasteiger charge is 2.15. The van der Waals surface area contributed by atoms with Crippen molar-refractivity contribution in [3.8, 4) is 0 Å². The summed E-state index contributed by atoms with van der Waals surface area (Å²) in [5.74, 6) is 0. The van der Waals surface area contributed by atoms with Gasteiger partial charge in [-0.15, -0.1) is 0 Å². The zero-order valence-electron chi connectivity index (χ0n) is 13.6. The van der Waals surface area contributed by atoms with E-state index >= 15 is 0 Å². The van der Waals surface area contributed by atoms with Gasteiger partial charge in [-0.3, -0.25) is 0 Å². The maximum Gasteiger partial charge on any atom is 0.0208 e. The predicted octanol–water partition coefficient (Wildman–Crippen LogP) is 3.56. The third kappa shape index (κ3) is 4.60. The Balaban J connectivity index is 1.78. The summed E-state index contributed by atoms with van der Waals surface area (Å²) in [6, 6.07) is 9.62. The van der Waals surface area contributed by atoms with Crippen molar-refractivity contribution in [2.45, 2.75) is 58.5 Å². The van der Waals surface area contributed by atoms with Gasteiger partial charge >= 0.3 is 0 Å². The number of benzene rings is 1. The number of nitrogens with one attached hydrogen (secondary N) is 1. The van der Waals surface area contributed by atoms with Crippen LogP contribution < -0.4 is 5.32 Å². The average Bonchev–Trinajstić information content (AvgIpc) is 2.88. The zero-order valence-corrected chi connectivity index (χ0v) is 13.6. The monoisotopic (exact) mass is 274 g/mol. The maximum atomic E-state index is 3.64. The van der Waals surface area contributed by atoms with E-state index in [0.29, 0.717) is 6.04 Å². The van der Waals surface area contributed by atoms with Crippen LogP contribution in [-0.4, -0.2) is 30.6 Å². The largest absolute Gasteiger partial charge is 0.309 e. The molecule has 0 radical (unpaired) electrons. The highest BCUT2D eigenvalue weighted by Crippen LogP contribution is 2.22. The molecule has 1 saturated heterocycles. The predicted molar refractivity (Wildman–Crippen MR) is 87.1 cm³/mol. The summed E-state index contributed by atoms with van der Waals surface area (Å²) in [4.78, 5) is 2.57. The molecular formula is C18H30N2. The lowest BCUT2D eigenvalue weighted by molar-refractivity contribution is 0.298. The summed E-state index contributed by atoms with van der Waals surface area (Å²) >= 11 is 0. The van der Waals surface area contributed by atoms with Crippen molar-refractivity contribution < 1.29 is 0 Å². The third-order valence-electron chi connectivity index (χ3n) is 4.21. The Labute approximate surface area is 124 Å². The van der Waals surface area contributed by atoms with Gasteiger partial charge in [0.1, 0.15) is 0 Å². The van der Waals surface area contributed by atoms with E-state index in [2.05, 4.69) is 62.2 Å². The van der Waals surface area contributed by atoms with Crippen molar-refractivity contribution in [1.82, 2.24) is 10.2 Å². The van der Waals surface area contributed by atoms with E-state index in [4.69, 9.17) is 0 Å². The number of likely N-dealkylation sites (tertiary alicyclic amines) is 1. The summed E-state index contributed by atoms with van der Waals surface area (Å²) < 4.78 is 0. The van der Waals surface area contributed by atoms with Gasteiger partial charge in [0.15, 0.2) is 0 Å². The topological polar surface area (TPSA) is 15.3 Å². The minimum Gasteiger partial charge on any atom is -0.309 e. The Morgan fingerprint density at radius 3 is 2.25 bits per heavy atom. The summed E-state index contributed by atoms with van der Waals surface area (Å²) in [5, 5.41) is 3.64. The number of nitrogens with zero attached hydrogens (tertiary/aromatic N) is 1. The molecular weight excluding hydrogens is 244 g/mol. The molecule has 112 valence electrons. The van der Waals surface area contributed by atoms with Crippen LogP contribution in [0.5, 0.6) is 0 Å². The summed E-state index contributed by atoms with van der Waals surface area (Å²) in [6.45, 7) is 13.8. The molecule has 1 unspecified atom stereocenters. The molecule has 1 aliphatic rings. The molecule has 0 spiro atoms. The first-order valence-electron chi connectivity index (χ1n) is 8.00. The highest BCUT2D eigenvalue weighted by molar-refractivity contribution is 5.27. The number of hydrogen-bond acceptors (Lipinski definition) is 2. The van der Waals surface area contributed by atoms with Crippen molar-refractivity contribution in [1.29, 1.82) is 0 Å². The van der Waals surface area contributed by atoms with Crippen LogP contribution in [0.2, 0.25) is 0 Å². The highest BCUT2D eigenvalue weighted by atomic mass is 15.2. The Bertz CT molecular complexity index is 396. The van der Waals surface area contributed by atoms with Crippen molar-refractivity contribution in [2.75, 3.05) is 19.6 Å². The van der Waals surface area contributed by atoms with E-state index in [9.17, 15) is 0 Å². The minimum absolute atomic E-state index is 0.245. The van der Waals surface area contributed by atoms with Crippen LogP contribution in [0.4, 0.5) is 0 Å². The molecule has 0 aliphatic carbocycles. The van der Waals surface area contributed by atoms with Crippen molar-refractivity contribution in [3.05, 3.63) is 35.4 Å². The van der Waals surface area contributed by atoms with Gasteiger partial charge in [0.05, 0.1) is 0 Å². The third-order valence-corrected chi connectivity index (χ3v) is 4.21. The van der Waals surface area contributed by atoms with E-state index in [0.717, 1.165) is 6.54 Å². The Morgan fingerprint density at radius 1 is 1.10 bits per heavy atom. The van der Waals surface area contributed by atoms with E-state index in [1.54, 1.807) is 0 Å². The quantitative estimate of drug-likeness (QED) is 0.883. The SMILES string of the molecule is CC(CN1CCCC1)NCc1ccc(C(C)(C)C)cc1. The average molecular weight is 274 g/mol. The normalized spacial score (nSPS) is 18.4. The molecule has 2 heteroatoms. The number of rotatable bonds is 5. The molecule has 1 aromatic rings. The smallest absolute Gasteiger partial charge is 0.0208 e. The van der Waals surface area contributed by atoms with Gasteiger partial charge in [-0.1, -0.05) is 45.0 Å². The van der Waals surface area contributed by atoms with Crippen LogP contribution in [0.25, 0.3) is 0 Å².